The Labute approximate surface area is 181 Å². The normalized spacial score (nSPS) is 22.7. The third kappa shape index (κ3) is 3.44. The molecule has 7 nitrogen and oxygen atoms in total. The van der Waals surface area contributed by atoms with Gasteiger partial charge < -0.3 is 15.4 Å². The van der Waals surface area contributed by atoms with Crippen LogP contribution in [-0.4, -0.2) is 58.2 Å². The first-order chi connectivity index (χ1) is 15.3. The maximum atomic E-state index is 14.2. The van der Waals surface area contributed by atoms with Gasteiger partial charge in [0.1, 0.15) is 34.5 Å². The van der Waals surface area contributed by atoms with Crippen LogP contribution in [0.1, 0.15) is 25.0 Å². The summed E-state index contributed by atoms with van der Waals surface area (Å²) in [6.45, 7) is 1.11. The fourth-order valence-corrected chi connectivity index (χ4v) is 4.16. The predicted molar refractivity (Wildman–Crippen MR) is 110 cm³/mol. The van der Waals surface area contributed by atoms with Crippen molar-refractivity contribution in [3.05, 3.63) is 36.2 Å². The molecule has 3 aromatic rings. The zero-order chi connectivity index (χ0) is 22.5. The Balaban J connectivity index is 1.53. The van der Waals surface area contributed by atoms with E-state index < -0.39 is 23.8 Å². The van der Waals surface area contributed by atoms with Crippen molar-refractivity contribution in [2.24, 2.45) is 0 Å². The van der Waals surface area contributed by atoms with Gasteiger partial charge >= 0.3 is 6.18 Å². The Morgan fingerprint density at radius 2 is 2.09 bits per heavy atom. The van der Waals surface area contributed by atoms with Gasteiger partial charge in [-0.15, -0.1) is 0 Å². The number of methoxy groups -OCH3 is 1. The summed E-state index contributed by atoms with van der Waals surface area (Å²) in [6.07, 6.45) is -3.57. The van der Waals surface area contributed by atoms with Gasteiger partial charge in [0.05, 0.1) is 25.0 Å². The molecular weight excluding hydrogens is 428 g/mol. The number of imidazole rings is 1. The second kappa shape index (κ2) is 7.58. The van der Waals surface area contributed by atoms with Crippen LogP contribution in [0.25, 0.3) is 17.0 Å². The number of anilines is 1. The number of rotatable bonds is 5. The third-order valence-electron chi connectivity index (χ3n) is 6.17. The first-order valence-electron chi connectivity index (χ1n) is 10.4. The van der Waals surface area contributed by atoms with Gasteiger partial charge in [-0.25, -0.2) is 18.9 Å². The monoisotopic (exact) mass is 450 g/mol. The van der Waals surface area contributed by atoms with E-state index in [1.807, 2.05) is 0 Å². The van der Waals surface area contributed by atoms with Gasteiger partial charge in [0.2, 0.25) is 0 Å². The predicted octanol–water partition coefficient (Wildman–Crippen LogP) is 3.51. The van der Waals surface area contributed by atoms with E-state index in [0.29, 0.717) is 42.4 Å². The van der Waals surface area contributed by atoms with E-state index in [1.165, 1.54) is 23.9 Å². The molecule has 0 radical (unpaired) electrons. The van der Waals surface area contributed by atoms with Crippen LogP contribution < -0.4 is 15.4 Å². The average Bonchev–Trinajstić information content (AvgIpc) is 3.49. The molecule has 3 aromatic heterocycles. The van der Waals surface area contributed by atoms with Crippen LogP contribution in [0.2, 0.25) is 0 Å². The molecule has 32 heavy (non-hydrogen) atoms. The maximum absolute atomic E-state index is 14.2. The molecule has 2 fully saturated rings. The summed E-state index contributed by atoms with van der Waals surface area (Å²) in [7, 11) is 1.32. The Morgan fingerprint density at radius 3 is 2.78 bits per heavy atom. The molecule has 11 heteroatoms. The number of ether oxygens (including phenoxy) is 1. The highest BCUT2D eigenvalue weighted by molar-refractivity contribution is 5.63. The van der Waals surface area contributed by atoms with Gasteiger partial charge in [-0.2, -0.15) is 18.3 Å². The molecule has 2 aliphatic rings. The molecule has 0 amide bonds. The molecule has 1 aliphatic carbocycles. The number of piperidine rings is 1. The molecule has 0 spiro atoms. The van der Waals surface area contributed by atoms with Gasteiger partial charge in [0, 0.05) is 12.6 Å². The molecule has 4 heterocycles. The molecule has 1 saturated carbocycles. The molecule has 0 aromatic carbocycles. The highest BCUT2D eigenvalue weighted by Crippen LogP contribution is 2.60. The number of aromatic nitrogens is 4. The molecule has 1 saturated heterocycles. The number of fused-ring (bicyclic) bond motifs is 1. The Hall–Kier alpha value is -2.95. The van der Waals surface area contributed by atoms with E-state index in [0.717, 1.165) is 0 Å². The third-order valence-corrected chi connectivity index (χ3v) is 6.17. The van der Waals surface area contributed by atoms with Crippen LogP contribution in [0.15, 0.2) is 30.5 Å². The first-order valence-corrected chi connectivity index (χ1v) is 10.4. The van der Waals surface area contributed by atoms with Gasteiger partial charge in [-0.1, -0.05) is 6.07 Å². The van der Waals surface area contributed by atoms with Gasteiger partial charge in [0.15, 0.2) is 5.65 Å². The van der Waals surface area contributed by atoms with E-state index in [-0.39, 0.29) is 24.3 Å². The van der Waals surface area contributed by atoms with Crippen LogP contribution in [-0.2, 0) is 5.41 Å². The van der Waals surface area contributed by atoms with Crippen molar-refractivity contribution in [2.75, 3.05) is 25.5 Å². The molecule has 5 rings (SSSR count). The maximum Gasteiger partial charge on any atom is 0.400 e. The highest BCUT2D eigenvalue weighted by Gasteiger charge is 2.66. The number of alkyl halides is 4. The fourth-order valence-electron chi connectivity index (χ4n) is 4.16. The lowest BCUT2D eigenvalue weighted by Crippen LogP contribution is -2.46. The van der Waals surface area contributed by atoms with Crippen molar-refractivity contribution in [1.82, 2.24) is 24.9 Å². The zero-order valence-corrected chi connectivity index (χ0v) is 17.3. The molecule has 170 valence electrons. The SMILES string of the molecule is COc1cc2ncc(-c3cccc(N[C@H]4CNCC[C@@H]4F)n3)n2nc1C1(C(F)(F)F)CC1. The summed E-state index contributed by atoms with van der Waals surface area (Å²) >= 11 is 0. The van der Waals surface area contributed by atoms with Gasteiger partial charge in [-0.3, -0.25) is 0 Å². The van der Waals surface area contributed by atoms with Crippen LogP contribution >= 0.6 is 0 Å². The van der Waals surface area contributed by atoms with Gasteiger partial charge in [0.25, 0.3) is 0 Å². The molecule has 2 atom stereocenters. The van der Waals surface area contributed by atoms with Crippen molar-refractivity contribution >= 4 is 11.5 Å². The lowest BCUT2D eigenvalue weighted by molar-refractivity contribution is -0.162. The molecule has 0 bridgehead atoms. The lowest BCUT2D eigenvalue weighted by atomic mass is 10.0. The molecular formula is C21H22F4N6O. The second-order valence-electron chi connectivity index (χ2n) is 8.22. The van der Waals surface area contributed by atoms with Crippen molar-refractivity contribution < 1.29 is 22.3 Å². The quantitative estimate of drug-likeness (QED) is 0.580. The van der Waals surface area contributed by atoms with Crippen molar-refractivity contribution in [2.45, 2.75) is 43.1 Å². The van der Waals surface area contributed by atoms with Crippen LogP contribution in [0.4, 0.5) is 23.4 Å². The summed E-state index contributed by atoms with van der Waals surface area (Å²) in [4.78, 5) is 8.81. The van der Waals surface area contributed by atoms with Crippen LogP contribution in [0, 0.1) is 0 Å². The van der Waals surface area contributed by atoms with E-state index in [9.17, 15) is 17.6 Å². The first kappa shape index (κ1) is 20.9. The topological polar surface area (TPSA) is 76.4 Å². The summed E-state index contributed by atoms with van der Waals surface area (Å²) in [6, 6.07) is 6.23. The van der Waals surface area contributed by atoms with E-state index in [4.69, 9.17) is 4.74 Å². The summed E-state index contributed by atoms with van der Waals surface area (Å²) in [5, 5.41) is 10.6. The number of hydrogen-bond donors (Lipinski definition) is 2. The minimum absolute atomic E-state index is 0.0348. The lowest BCUT2D eigenvalue weighted by Gasteiger charge is -2.28. The average molecular weight is 450 g/mol. The molecule has 0 unspecified atom stereocenters. The Morgan fingerprint density at radius 1 is 1.28 bits per heavy atom. The van der Waals surface area contributed by atoms with Crippen molar-refractivity contribution in [3.63, 3.8) is 0 Å². The van der Waals surface area contributed by atoms with Gasteiger partial charge in [-0.05, 0) is 37.9 Å². The number of pyridine rings is 1. The smallest absolute Gasteiger partial charge is 0.400 e. The second-order valence-corrected chi connectivity index (χ2v) is 8.22. The largest absolute Gasteiger partial charge is 0.495 e. The highest BCUT2D eigenvalue weighted by atomic mass is 19.4. The Kier molecular flexibility index (Phi) is 4.95. The Bertz CT molecular complexity index is 1140. The summed E-state index contributed by atoms with van der Waals surface area (Å²) < 4.78 is 62.1. The fraction of sp³-hybridized carbons (Fsp3) is 0.476. The number of hydrogen-bond acceptors (Lipinski definition) is 6. The zero-order valence-electron chi connectivity index (χ0n) is 17.3. The van der Waals surface area contributed by atoms with Crippen molar-refractivity contribution in [3.8, 4) is 17.1 Å². The number of nitrogens with zero attached hydrogens (tertiary/aromatic N) is 4. The molecule has 1 aliphatic heterocycles. The van der Waals surface area contributed by atoms with Crippen molar-refractivity contribution in [1.29, 1.82) is 0 Å². The van der Waals surface area contributed by atoms with Crippen LogP contribution in [0.5, 0.6) is 5.75 Å². The summed E-state index contributed by atoms with van der Waals surface area (Å²) in [5.41, 5.74) is -0.915. The summed E-state index contributed by atoms with van der Waals surface area (Å²) in [5.74, 6) is 0.531. The minimum atomic E-state index is -4.43. The molecule has 2 N–H and O–H groups in total. The van der Waals surface area contributed by atoms with E-state index in [2.05, 4.69) is 25.7 Å². The number of halogens is 4. The minimum Gasteiger partial charge on any atom is -0.495 e. The van der Waals surface area contributed by atoms with E-state index in [1.54, 1.807) is 18.2 Å². The number of nitrogens with one attached hydrogen (secondary N) is 2. The van der Waals surface area contributed by atoms with E-state index >= 15 is 0 Å². The van der Waals surface area contributed by atoms with Crippen LogP contribution in [0.3, 0.4) is 0 Å². The standard InChI is InChI=1S/C21H22F4N6O/c1-32-16-9-18-27-11-15(31(18)30-19(16)20(6-7-20)21(23,24)25)13-3-2-4-17(28-13)29-14-10-26-8-5-12(14)22/h2-4,9,11-12,14,26H,5-8,10H2,1H3,(H,28,29)/t12-,14-/m0/s1.